The van der Waals surface area contributed by atoms with E-state index in [0.29, 0.717) is 11.6 Å². The Kier molecular flexibility index (Phi) is 3.78. The molecule has 2 aromatic rings. The van der Waals surface area contributed by atoms with Crippen LogP contribution in [0, 0.1) is 17.6 Å². The number of aromatic nitrogens is 2. The molecule has 0 saturated carbocycles. The average Bonchev–Trinajstić information content (AvgIpc) is 2.88. The summed E-state index contributed by atoms with van der Waals surface area (Å²) in [5, 5.41) is 3.32. The van der Waals surface area contributed by atoms with Gasteiger partial charge < -0.3 is 10.3 Å². The van der Waals surface area contributed by atoms with E-state index in [-0.39, 0.29) is 5.56 Å². The number of imidazole rings is 1. The maximum atomic E-state index is 13.7. The molecular weight excluding hydrogens is 260 g/mol. The van der Waals surface area contributed by atoms with Crippen molar-refractivity contribution in [2.75, 3.05) is 13.1 Å². The zero-order valence-electron chi connectivity index (χ0n) is 11.1. The van der Waals surface area contributed by atoms with Gasteiger partial charge in [-0.1, -0.05) is 6.07 Å². The van der Waals surface area contributed by atoms with Crippen LogP contribution in [0.1, 0.15) is 18.7 Å². The minimum absolute atomic E-state index is 0.0310. The van der Waals surface area contributed by atoms with Gasteiger partial charge in [-0.25, -0.2) is 13.8 Å². The number of nitrogens with one attached hydrogen (secondary N) is 2. The summed E-state index contributed by atoms with van der Waals surface area (Å²) >= 11 is 0. The number of hydrogen-bond acceptors (Lipinski definition) is 2. The number of rotatable bonds is 3. The Labute approximate surface area is 116 Å². The van der Waals surface area contributed by atoms with Crippen molar-refractivity contribution in [3.8, 4) is 11.3 Å². The average molecular weight is 277 g/mol. The van der Waals surface area contributed by atoms with Gasteiger partial charge >= 0.3 is 0 Å². The van der Waals surface area contributed by atoms with Crippen molar-refractivity contribution in [3.05, 3.63) is 41.9 Å². The standard InChI is InChI=1S/C15H17F2N3/c16-11-2-1-3-12(17)15(11)13-9-19-14(20-13)8-10-4-6-18-7-5-10/h1-3,9-10,18H,4-8H2,(H,19,20). The van der Waals surface area contributed by atoms with Gasteiger partial charge in [-0.3, -0.25) is 0 Å². The molecule has 1 aromatic carbocycles. The van der Waals surface area contributed by atoms with Crippen LogP contribution < -0.4 is 5.32 Å². The smallest absolute Gasteiger partial charge is 0.135 e. The molecule has 20 heavy (non-hydrogen) atoms. The van der Waals surface area contributed by atoms with Gasteiger partial charge in [-0.05, 0) is 44.0 Å². The van der Waals surface area contributed by atoms with Crippen LogP contribution in [0.3, 0.4) is 0 Å². The second-order valence-corrected chi connectivity index (χ2v) is 5.24. The molecule has 0 unspecified atom stereocenters. The Morgan fingerprint density at radius 3 is 2.55 bits per heavy atom. The van der Waals surface area contributed by atoms with Crippen LogP contribution in [0.2, 0.25) is 0 Å². The molecule has 1 fully saturated rings. The molecule has 1 aliphatic heterocycles. The third kappa shape index (κ3) is 2.72. The molecule has 3 rings (SSSR count). The topological polar surface area (TPSA) is 40.7 Å². The van der Waals surface area contributed by atoms with Gasteiger partial charge in [-0.15, -0.1) is 0 Å². The fourth-order valence-electron chi connectivity index (χ4n) is 2.71. The fourth-order valence-corrected chi connectivity index (χ4v) is 2.71. The molecule has 0 bridgehead atoms. The summed E-state index contributed by atoms with van der Waals surface area (Å²) < 4.78 is 27.4. The van der Waals surface area contributed by atoms with Gasteiger partial charge in [0.2, 0.25) is 0 Å². The first-order chi connectivity index (χ1) is 9.74. The molecule has 1 saturated heterocycles. The van der Waals surface area contributed by atoms with E-state index in [1.807, 2.05) is 0 Å². The van der Waals surface area contributed by atoms with Crippen molar-refractivity contribution in [2.24, 2.45) is 5.92 Å². The van der Waals surface area contributed by atoms with E-state index in [9.17, 15) is 8.78 Å². The van der Waals surface area contributed by atoms with Gasteiger partial charge in [0.25, 0.3) is 0 Å². The Morgan fingerprint density at radius 1 is 1.15 bits per heavy atom. The summed E-state index contributed by atoms with van der Waals surface area (Å²) in [5.74, 6) is 0.249. The highest BCUT2D eigenvalue weighted by atomic mass is 19.1. The van der Waals surface area contributed by atoms with Crippen LogP contribution in [0.25, 0.3) is 11.3 Å². The van der Waals surface area contributed by atoms with Gasteiger partial charge in [0.15, 0.2) is 0 Å². The Morgan fingerprint density at radius 2 is 1.85 bits per heavy atom. The largest absolute Gasteiger partial charge is 0.342 e. The van der Waals surface area contributed by atoms with E-state index in [0.717, 1.165) is 38.2 Å². The highest BCUT2D eigenvalue weighted by Gasteiger charge is 2.17. The van der Waals surface area contributed by atoms with E-state index in [1.54, 1.807) is 0 Å². The molecule has 0 amide bonds. The lowest BCUT2D eigenvalue weighted by Gasteiger charge is -2.21. The van der Waals surface area contributed by atoms with Crippen molar-refractivity contribution >= 4 is 0 Å². The first kappa shape index (κ1) is 13.2. The predicted octanol–water partition coefficient (Wildman–Crippen LogP) is 2.90. The van der Waals surface area contributed by atoms with Gasteiger partial charge in [-0.2, -0.15) is 0 Å². The first-order valence-corrected chi connectivity index (χ1v) is 6.93. The second-order valence-electron chi connectivity index (χ2n) is 5.24. The number of halogens is 2. The summed E-state index contributed by atoms with van der Waals surface area (Å²) in [6, 6.07) is 3.87. The second kappa shape index (κ2) is 5.71. The van der Waals surface area contributed by atoms with Gasteiger partial charge in [0.1, 0.15) is 17.5 Å². The third-order valence-electron chi connectivity index (χ3n) is 3.80. The molecule has 2 heterocycles. The van der Waals surface area contributed by atoms with Crippen LogP contribution >= 0.6 is 0 Å². The lowest BCUT2D eigenvalue weighted by atomic mass is 9.94. The third-order valence-corrected chi connectivity index (χ3v) is 3.80. The monoisotopic (exact) mass is 277 g/mol. The molecule has 2 N–H and O–H groups in total. The molecular formula is C15H17F2N3. The minimum Gasteiger partial charge on any atom is -0.342 e. The van der Waals surface area contributed by atoms with E-state index in [4.69, 9.17) is 0 Å². The van der Waals surface area contributed by atoms with Crippen LogP contribution in [0.4, 0.5) is 8.78 Å². The normalized spacial score (nSPS) is 16.5. The van der Waals surface area contributed by atoms with E-state index < -0.39 is 11.6 Å². The van der Waals surface area contributed by atoms with Gasteiger partial charge in [0.05, 0.1) is 17.5 Å². The highest BCUT2D eigenvalue weighted by molar-refractivity contribution is 5.60. The van der Waals surface area contributed by atoms with Crippen molar-refractivity contribution in [1.82, 2.24) is 15.3 Å². The molecule has 1 aromatic heterocycles. The van der Waals surface area contributed by atoms with E-state index >= 15 is 0 Å². The molecule has 0 atom stereocenters. The summed E-state index contributed by atoms with van der Waals surface area (Å²) in [7, 11) is 0. The SMILES string of the molecule is Fc1cccc(F)c1-c1cnc(CC2CCNCC2)[nH]1. The minimum atomic E-state index is -0.568. The Bertz CT molecular complexity index is 568. The molecule has 5 heteroatoms. The number of benzene rings is 1. The lowest BCUT2D eigenvalue weighted by Crippen LogP contribution is -2.28. The molecule has 0 spiro atoms. The van der Waals surface area contributed by atoms with Crippen molar-refractivity contribution < 1.29 is 8.78 Å². The first-order valence-electron chi connectivity index (χ1n) is 6.93. The lowest BCUT2D eigenvalue weighted by molar-refractivity contribution is 0.368. The molecule has 0 radical (unpaired) electrons. The predicted molar refractivity (Wildman–Crippen MR) is 73.2 cm³/mol. The van der Waals surface area contributed by atoms with Crippen LogP contribution in [-0.4, -0.2) is 23.1 Å². The fraction of sp³-hybridized carbons (Fsp3) is 0.400. The number of hydrogen-bond donors (Lipinski definition) is 2. The molecule has 0 aliphatic carbocycles. The number of aromatic amines is 1. The maximum Gasteiger partial charge on any atom is 0.135 e. The van der Waals surface area contributed by atoms with Crippen LogP contribution in [0.15, 0.2) is 24.4 Å². The number of nitrogens with zero attached hydrogens (tertiary/aromatic N) is 1. The number of H-pyrrole nitrogens is 1. The van der Waals surface area contributed by atoms with Crippen molar-refractivity contribution in [1.29, 1.82) is 0 Å². The zero-order chi connectivity index (χ0) is 13.9. The Balaban J connectivity index is 1.79. The molecule has 3 nitrogen and oxygen atoms in total. The van der Waals surface area contributed by atoms with Crippen molar-refractivity contribution in [3.63, 3.8) is 0 Å². The van der Waals surface area contributed by atoms with E-state index in [2.05, 4.69) is 15.3 Å². The summed E-state index contributed by atoms with van der Waals surface area (Å²) in [6.45, 7) is 2.06. The maximum absolute atomic E-state index is 13.7. The van der Waals surface area contributed by atoms with Crippen LogP contribution in [0.5, 0.6) is 0 Å². The zero-order valence-corrected chi connectivity index (χ0v) is 11.1. The van der Waals surface area contributed by atoms with E-state index in [1.165, 1.54) is 24.4 Å². The van der Waals surface area contributed by atoms with Crippen LogP contribution in [-0.2, 0) is 6.42 Å². The highest BCUT2D eigenvalue weighted by Crippen LogP contribution is 2.25. The summed E-state index contributed by atoms with van der Waals surface area (Å²) in [4.78, 5) is 7.31. The molecule has 106 valence electrons. The number of piperidine rings is 1. The summed E-state index contributed by atoms with van der Waals surface area (Å²) in [5.41, 5.74) is 0.376. The van der Waals surface area contributed by atoms with Crippen molar-refractivity contribution in [2.45, 2.75) is 19.3 Å². The quantitative estimate of drug-likeness (QED) is 0.905. The summed E-state index contributed by atoms with van der Waals surface area (Å²) in [6.07, 6.45) is 4.57. The van der Waals surface area contributed by atoms with Gasteiger partial charge in [0, 0.05) is 6.42 Å². The molecule has 1 aliphatic rings. The Hall–Kier alpha value is -1.75.